The van der Waals surface area contributed by atoms with E-state index in [0.717, 1.165) is 18.0 Å². The van der Waals surface area contributed by atoms with Gasteiger partial charge in [0.1, 0.15) is 0 Å². The largest absolute Gasteiger partial charge is 0.338 e. The van der Waals surface area contributed by atoms with E-state index in [1.165, 1.54) is 43.5 Å². The van der Waals surface area contributed by atoms with E-state index < -0.39 is 0 Å². The first-order valence-corrected chi connectivity index (χ1v) is 10.5. The van der Waals surface area contributed by atoms with Crippen molar-refractivity contribution >= 4 is 11.7 Å². The summed E-state index contributed by atoms with van der Waals surface area (Å²) in [5.74, 6) is 0.809. The first-order chi connectivity index (χ1) is 13.6. The number of hydrogen-bond acceptors (Lipinski definition) is 2. The fourth-order valence-corrected chi connectivity index (χ4v) is 3.87. The molecule has 0 bridgehead atoms. The van der Waals surface area contributed by atoms with Crippen molar-refractivity contribution in [2.24, 2.45) is 5.92 Å². The topological polar surface area (TPSA) is 44.4 Å². The number of benzene rings is 2. The number of amides is 2. The zero-order chi connectivity index (χ0) is 19.8. The molecule has 1 aliphatic rings. The lowest BCUT2D eigenvalue weighted by molar-refractivity contribution is 0.149. The molecule has 1 saturated heterocycles. The minimum atomic E-state index is -0.157. The van der Waals surface area contributed by atoms with E-state index in [-0.39, 0.29) is 6.03 Å². The van der Waals surface area contributed by atoms with Gasteiger partial charge in [0.2, 0.25) is 0 Å². The molecule has 0 aromatic heterocycles. The summed E-state index contributed by atoms with van der Waals surface area (Å²) in [6, 6.07) is 18.9. The van der Waals surface area contributed by atoms with Crippen LogP contribution in [0.15, 0.2) is 54.6 Å². The zero-order valence-electron chi connectivity index (χ0n) is 17.2. The molecule has 28 heavy (non-hydrogen) atoms. The van der Waals surface area contributed by atoms with Gasteiger partial charge < -0.3 is 15.5 Å². The number of carbonyl (C=O) groups excluding carboxylic acids is 1. The van der Waals surface area contributed by atoms with Crippen molar-refractivity contribution in [3.8, 4) is 0 Å². The standard InChI is InChI=1S/C24H33N3O/c1-19(2)27-16-13-22(14-17-27)18-21-10-8-20(9-11-21)12-15-25-24(28)26-23-6-4-3-5-7-23/h3-11,19,22H,12-18H2,1-2H3,(H2,25,26,28). The van der Waals surface area contributed by atoms with Gasteiger partial charge in [-0.05, 0) is 81.8 Å². The maximum absolute atomic E-state index is 11.9. The number of carbonyl (C=O) groups is 1. The van der Waals surface area contributed by atoms with Crippen molar-refractivity contribution in [1.82, 2.24) is 10.2 Å². The van der Waals surface area contributed by atoms with E-state index >= 15 is 0 Å². The fourth-order valence-electron chi connectivity index (χ4n) is 3.87. The average Bonchev–Trinajstić information content (AvgIpc) is 2.70. The summed E-state index contributed by atoms with van der Waals surface area (Å²) < 4.78 is 0. The third-order valence-corrected chi connectivity index (χ3v) is 5.66. The highest BCUT2D eigenvalue weighted by atomic mass is 16.2. The van der Waals surface area contributed by atoms with Crippen LogP contribution in [0, 0.1) is 5.92 Å². The summed E-state index contributed by atoms with van der Waals surface area (Å²) in [5.41, 5.74) is 3.50. The number of nitrogens with zero attached hydrogens (tertiary/aromatic N) is 1. The monoisotopic (exact) mass is 379 g/mol. The summed E-state index contributed by atoms with van der Waals surface area (Å²) in [4.78, 5) is 14.5. The van der Waals surface area contributed by atoms with Crippen LogP contribution in [0.2, 0.25) is 0 Å². The number of likely N-dealkylation sites (tertiary alicyclic amines) is 1. The van der Waals surface area contributed by atoms with Crippen molar-refractivity contribution in [1.29, 1.82) is 0 Å². The van der Waals surface area contributed by atoms with E-state index in [1.54, 1.807) is 0 Å². The SMILES string of the molecule is CC(C)N1CCC(Cc2ccc(CCNC(=O)Nc3ccccc3)cc2)CC1. The number of urea groups is 1. The minimum absolute atomic E-state index is 0.157. The van der Waals surface area contributed by atoms with Gasteiger partial charge in [0.05, 0.1) is 0 Å². The molecule has 150 valence electrons. The Morgan fingerprint density at radius 1 is 1.00 bits per heavy atom. The van der Waals surface area contributed by atoms with Crippen molar-refractivity contribution in [3.05, 3.63) is 65.7 Å². The second kappa shape index (κ2) is 10.3. The Morgan fingerprint density at radius 2 is 1.64 bits per heavy atom. The van der Waals surface area contributed by atoms with Crippen molar-refractivity contribution in [2.45, 2.75) is 45.6 Å². The number of piperidine rings is 1. The van der Waals surface area contributed by atoms with Crippen LogP contribution in [0.1, 0.15) is 37.8 Å². The summed E-state index contributed by atoms with van der Waals surface area (Å²) in [6.45, 7) is 7.68. The van der Waals surface area contributed by atoms with Gasteiger partial charge in [0.15, 0.2) is 0 Å². The van der Waals surface area contributed by atoms with Crippen LogP contribution in [0.3, 0.4) is 0 Å². The molecule has 0 aliphatic carbocycles. The fraction of sp³-hybridized carbons (Fsp3) is 0.458. The van der Waals surface area contributed by atoms with Gasteiger partial charge in [0.25, 0.3) is 0 Å². The molecule has 0 saturated carbocycles. The summed E-state index contributed by atoms with van der Waals surface area (Å²) in [6.07, 6.45) is 4.64. The van der Waals surface area contributed by atoms with E-state index in [9.17, 15) is 4.79 Å². The number of para-hydroxylation sites is 1. The van der Waals surface area contributed by atoms with Crippen molar-refractivity contribution in [2.75, 3.05) is 25.0 Å². The van der Waals surface area contributed by atoms with E-state index in [0.29, 0.717) is 12.6 Å². The molecule has 0 spiro atoms. The van der Waals surface area contributed by atoms with Crippen LogP contribution in [-0.2, 0) is 12.8 Å². The number of rotatable bonds is 7. The van der Waals surface area contributed by atoms with Gasteiger partial charge in [-0.15, -0.1) is 0 Å². The Bertz CT molecular complexity index is 719. The average molecular weight is 380 g/mol. The van der Waals surface area contributed by atoms with Crippen molar-refractivity contribution in [3.63, 3.8) is 0 Å². The molecule has 2 aromatic rings. The molecule has 2 aromatic carbocycles. The van der Waals surface area contributed by atoms with Gasteiger partial charge in [-0.25, -0.2) is 4.79 Å². The maximum Gasteiger partial charge on any atom is 0.319 e. The predicted molar refractivity (Wildman–Crippen MR) is 117 cm³/mol. The van der Waals surface area contributed by atoms with E-state index in [2.05, 4.69) is 53.6 Å². The molecule has 2 N–H and O–H groups in total. The third-order valence-electron chi connectivity index (χ3n) is 5.66. The van der Waals surface area contributed by atoms with Crippen molar-refractivity contribution < 1.29 is 4.79 Å². The van der Waals surface area contributed by atoms with Gasteiger partial charge in [0, 0.05) is 18.3 Å². The molecule has 2 amide bonds. The molecule has 0 radical (unpaired) electrons. The Balaban J connectivity index is 1.37. The first kappa shape index (κ1) is 20.4. The summed E-state index contributed by atoms with van der Waals surface area (Å²) in [5, 5.41) is 5.76. The Morgan fingerprint density at radius 3 is 2.29 bits per heavy atom. The molecule has 4 heteroatoms. The van der Waals surface area contributed by atoms with Crippen LogP contribution < -0.4 is 10.6 Å². The Kier molecular flexibility index (Phi) is 7.49. The van der Waals surface area contributed by atoms with Crippen LogP contribution >= 0.6 is 0 Å². The van der Waals surface area contributed by atoms with Gasteiger partial charge in [-0.1, -0.05) is 42.5 Å². The summed E-state index contributed by atoms with van der Waals surface area (Å²) >= 11 is 0. The van der Waals surface area contributed by atoms with Crippen LogP contribution in [0.25, 0.3) is 0 Å². The van der Waals surface area contributed by atoms with E-state index in [1.807, 2.05) is 30.3 Å². The molecule has 1 fully saturated rings. The molecule has 4 nitrogen and oxygen atoms in total. The lowest BCUT2D eigenvalue weighted by Gasteiger charge is -2.34. The smallest absolute Gasteiger partial charge is 0.319 e. The normalized spacial score (nSPS) is 15.5. The first-order valence-electron chi connectivity index (χ1n) is 10.5. The van der Waals surface area contributed by atoms with Crippen LogP contribution in [-0.4, -0.2) is 36.6 Å². The second-order valence-electron chi connectivity index (χ2n) is 8.09. The quantitative estimate of drug-likeness (QED) is 0.731. The maximum atomic E-state index is 11.9. The Labute approximate surface area is 169 Å². The number of hydrogen-bond donors (Lipinski definition) is 2. The Hall–Kier alpha value is -2.33. The molecule has 0 unspecified atom stereocenters. The second-order valence-corrected chi connectivity index (χ2v) is 8.09. The van der Waals surface area contributed by atoms with Crippen LogP contribution in [0.4, 0.5) is 10.5 Å². The molecule has 3 rings (SSSR count). The van der Waals surface area contributed by atoms with Crippen LogP contribution in [0.5, 0.6) is 0 Å². The highest BCUT2D eigenvalue weighted by Gasteiger charge is 2.20. The van der Waals surface area contributed by atoms with Gasteiger partial charge >= 0.3 is 6.03 Å². The molecule has 0 atom stereocenters. The molecular formula is C24H33N3O. The minimum Gasteiger partial charge on any atom is -0.338 e. The van der Waals surface area contributed by atoms with Gasteiger partial charge in [-0.2, -0.15) is 0 Å². The highest BCUT2D eigenvalue weighted by Crippen LogP contribution is 2.23. The third kappa shape index (κ3) is 6.38. The zero-order valence-corrected chi connectivity index (χ0v) is 17.2. The predicted octanol–water partition coefficient (Wildman–Crippen LogP) is 4.71. The molecule has 1 heterocycles. The number of nitrogens with one attached hydrogen (secondary N) is 2. The lowest BCUT2D eigenvalue weighted by Crippen LogP contribution is -2.38. The molecule has 1 aliphatic heterocycles. The molecular weight excluding hydrogens is 346 g/mol. The highest BCUT2D eigenvalue weighted by molar-refractivity contribution is 5.89. The van der Waals surface area contributed by atoms with Gasteiger partial charge in [-0.3, -0.25) is 0 Å². The summed E-state index contributed by atoms with van der Waals surface area (Å²) in [7, 11) is 0. The number of anilines is 1. The lowest BCUT2D eigenvalue weighted by atomic mass is 9.89. The van der Waals surface area contributed by atoms with E-state index in [4.69, 9.17) is 0 Å².